The first-order valence-electron chi connectivity index (χ1n) is 6.15. The summed E-state index contributed by atoms with van der Waals surface area (Å²) in [6.07, 6.45) is 4.82. The first-order valence-corrected chi connectivity index (χ1v) is 6.15. The molecule has 0 saturated carbocycles. The minimum Gasteiger partial charge on any atom is -0.352 e. The Morgan fingerprint density at radius 3 is 2.12 bits per heavy atom. The lowest BCUT2D eigenvalue weighted by Gasteiger charge is -2.20. The molecule has 0 unspecified atom stereocenters. The first kappa shape index (κ1) is 15.5. The van der Waals surface area contributed by atoms with Crippen LogP contribution in [0.2, 0.25) is 0 Å². The number of unbranched alkanes of at least 4 members (excludes halogenated alkanes) is 3. The van der Waals surface area contributed by atoms with Gasteiger partial charge in [-0.2, -0.15) is 0 Å². The van der Waals surface area contributed by atoms with Gasteiger partial charge in [0.2, 0.25) is 0 Å². The van der Waals surface area contributed by atoms with Crippen molar-refractivity contribution in [3.63, 3.8) is 0 Å². The highest BCUT2D eigenvalue weighted by atomic mass is 16.2. The van der Waals surface area contributed by atoms with E-state index in [1.54, 1.807) is 4.90 Å². The Labute approximate surface area is 103 Å². The lowest BCUT2D eigenvalue weighted by Crippen LogP contribution is -2.37. The van der Waals surface area contributed by atoms with Crippen LogP contribution >= 0.6 is 0 Å². The normalized spacial score (nSPS) is 9.94. The predicted octanol–water partition coefficient (Wildman–Crippen LogP) is 1.01. The van der Waals surface area contributed by atoms with E-state index in [-0.39, 0.29) is 6.03 Å². The van der Waals surface area contributed by atoms with Crippen LogP contribution < -0.4 is 16.8 Å². The molecule has 0 radical (unpaired) electrons. The number of carbonyl (C=O) groups is 2. The molecule has 17 heavy (non-hydrogen) atoms. The van der Waals surface area contributed by atoms with Crippen molar-refractivity contribution in [2.45, 2.75) is 39.0 Å². The molecule has 0 fully saturated rings. The predicted molar refractivity (Wildman–Crippen MR) is 67.5 cm³/mol. The summed E-state index contributed by atoms with van der Waals surface area (Å²) >= 11 is 0. The Morgan fingerprint density at radius 2 is 1.65 bits per heavy atom. The fourth-order valence-electron chi connectivity index (χ4n) is 1.52. The quantitative estimate of drug-likeness (QED) is 0.527. The molecule has 0 rings (SSSR count). The number of hydrogen-bond donors (Lipinski definition) is 3. The summed E-state index contributed by atoms with van der Waals surface area (Å²) in [5.74, 6) is 0. The molecule has 0 aliphatic rings. The SMILES string of the molecule is CCCCCN(CCCCNC(N)=O)C(N)=O. The molecular weight excluding hydrogens is 220 g/mol. The average Bonchev–Trinajstić information content (AvgIpc) is 2.25. The summed E-state index contributed by atoms with van der Waals surface area (Å²) in [4.78, 5) is 23.2. The maximum Gasteiger partial charge on any atom is 0.314 e. The first-order chi connectivity index (χ1) is 8.07. The number of urea groups is 2. The highest BCUT2D eigenvalue weighted by molar-refractivity contribution is 5.72. The van der Waals surface area contributed by atoms with Crippen LogP contribution in [0.15, 0.2) is 0 Å². The minimum atomic E-state index is -0.514. The number of nitrogens with two attached hydrogens (primary N) is 2. The fourth-order valence-corrected chi connectivity index (χ4v) is 1.52. The van der Waals surface area contributed by atoms with Crippen molar-refractivity contribution in [1.82, 2.24) is 10.2 Å². The largest absolute Gasteiger partial charge is 0.352 e. The lowest BCUT2D eigenvalue weighted by molar-refractivity contribution is 0.205. The van der Waals surface area contributed by atoms with Crippen LogP contribution in [0.5, 0.6) is 0 Å². The Balaban J connectivity index is 3.63. The van der Waals surface area contributed by atoms with Crippen LogP contribution in [0.25, 0.3) is 0 Å². The van der Waals surface area contributed by atoms with Gasteiger partial charge in [0.25, 0.3) is 0 Å². The second-order valence-electron chi connectivity index (χ2n) is 4.03. The van der Waals surface area contributed by atoms with Gasteiger partial charge in [0.15, 0.2) is 0 Å². The molecule has 6 nitrogen and oxygen atoms in total. The number of primary amides is 2. The maximum atomic E-state index is 11.1. The summed E-state index contributed by atoms with van der Waals surface area (Å²) < 4.78 is 0. The van der Waals surface area contributed by atoms with Gasteiger partial charge in [-0.15, -0.1) is 0 Å². The Morgan fingerprint density at radius 1 is 1.06 bits per heavy atom. The molecule has 4 amide bonds. The van der Waals surface area contributed by atoms with E-state index in [9.17, 15) is 9.59 Å². The number of nitrogens with zero attached hydrogens (tertiary/aromatic N) is 1. The average molecular weight is 244 g/mol. The molecule has 5 N–H and O–H groups in total. The van der Waals surface area contributed by atoms with Crippen molar-refractivity contribution in [2.75, 3.05) is 19.6 Å². The molecular formula is C11H24N4O2. The maximum absolute atomic E-state index is 11.1. The van der Waals surface area contributed by atoms with Crippen LogP contribution in [0.4, 0.5) is 9.59 Å². The number of rotatable bonds is 9. The van der Waals surface area contributed by atoms with Crippen LogP contribution in [0, 0.1) is 0 Å². The highest BCUT2D eigenvalue weighted by Crippen LogP contribution is 2.00. The van der Waals surface area contributed by atoms with Crippen molar-refractivity contribution >= 4 is 12.1 Å². The van der Waals surface area contributed by atoms with Gasteiger partial charge in [-0.05, 0) is 19.3 Å². The van der Waals surface area contributed by atoms with Gasteiger partial charge in [0, 0.05) is 19.6 Å². The van der Waals surface area contributed by atoms with Gasteiger partial charge >= 0.3 is 12.1 Å². The smallest absolute Gasteiger partial charge is 0.314 e. The van der Waals surface area contributed by atoms with Crippen molar-refractivity contribution in [1.29, 1.82) is 0 Å². The van der Waals surface area contributed by atoms with Crippen LogP contribution in [-0.2, 0) is 0 Å². The Kier molecular flexibility index (Phi) is 8.91. The molecule has 6 heteroatoms. The standard InChI is InChI=1S/C11H24N4O2/c1-2-3-5-8-15(11(13)17)9-6-4-7-14-10(12)16/h2-9H2,1H3,(H2,13,17)(H3,12,14,16). The van der Waals surface area contributed by atoms with E-state index in [2.05, 4.69) is 12.2 Å². The van der Waals surface area contributed by atoms with E-state index in [1.165, 1.54) is 0 Å². The molecule has 0 bridgehead atoms. The molecule has 0 aliphatic carbocycles. The number of nitrogens with one attached hydrogen (secondary N) is 1. The Bertz CT molecular complexity index is 234. The molecule has 0 aromatic rings. The van der Waals surface area contributed by atoms with Gasteiger partial charge in [0.1, 0.15) is 0 Å². The van der Waals surface area contributed by atoms with Gasteiger partial charge < -0.3 is 21.7 Å². The van der Waals surface area contributed by atoms with Gasteiger partial charge in [-0.25, -0.2) is 9.59 Å². The zero-order valence-electron chi connectivity index (χ0n) is 10.6. The second-order valence-corrected chi connectivity index (χ2v) is 4.03. The summed E-state index contributed by atoms with van der Waals surface area (Å²) in [5, 5.41) is 2.50. The molecule has 0 aromatic carbocycles. The molecule has 0 heterocycles. The van der Waals surface area contributed by atoms with Crippen molar-refractivity contribution in [3.05, 3.63) is 0 Å². The Hall–Kier alpha value is -1.46. The van der Waals surface area contributed by atoms with Crippen LogP contribution in [0.3, 0.4) is 0 Å². The van der Waals surface area contributed by atoms with E-state index in [1.807, 2.05) is 0 Å². The molecule has 0 atom stereocenters. The van der Waals surface area contributed by atoms with Gasteiger partial charge in [-0.1, -0.05) is 19.8 Å². The van der Waals surface area contributed by atoms with E-state index in [0.717, 1.165) is 32.1 Å². The highest BCUT2D eigenvalue weighted by Gasteiger charge is 2.07. The number of hydrogen-bond acceptors (Lipinski definition) is 2. The molecule has 100 valence electrons. The van der Waals surface area contributed by atoms with E-state index in [4.69, 9.17) is 11.5 Å². The molecule has 0 aromatic heterocycles. The zero-order valence-corrected chi connectivity index (χ0v) is 10.6. The molecule has 0 spiro atoms. The van der Waals surface area contributed by atoms with E-state index >= 15 is 0 Å². The van der Waals surface area contributed by atoms with Crippen molar-refractivity contribution in [2.24, 2.45) is 11.5 Å². The van der Waals surface area contributed by atoms with E-state index < -0.39 is 6.03 Å². The van der Waals surface area contributed by atoms with Crippen molar-refractivity contribution in [3.8, 4) is 0 Å². The van der Waals surface area contributed by atoms with Gasteiger partial charge in [-0.3, -0.25) is 0 Å². The minimum absolute atomic E-state index is 0.371. The third kappa shape index (κ3) is 9.47. The molecule has 0 aliphatic heterocycles. The number of amides is 4. The monoisotopic (exact) mass is 244 g/mol. The lowest BCUT2D eigenvalue weighted by atomic mass is 10.2. The second kappa shape index (κ2) is 9.74. The summed E-state index contributed by atoms with van der Waals surface area (Å²) in [6, 6.07) is -0.885. The van der Waals surface area contributed by atoms with Crippen LogP contribution in [0.1, 0.15) is 39.0 Å². The third-order valence-corrected chi connectivity index (χ3v) is 2.50. The molecule has 0 saturated heterocycles. The topological polar surface area (TPSA) is 101 Å². The zero-order chi connectivity index (χ0) is 13.1. The van der Waals surface area contributed by atoms with Crippen molar-refractivity contribution < 1.29 is 9.59 Å². The summed E-state index contributed by atoms with van der Waals surface area (Å²) in [7, 11) is 0. The third-order valence-electron chi connectivity index (χ3n) is 2.50. The van der Waals surface area contributed by atoms with Crippen LogP contribution in [-0.4, -0.2) is 36.6 Å². The summed E-state index contributed by atoms with van der Waals surface area (Å²) in [6.45, 7) is 4.01. The van der Waals surface area contributed by atoms with Gasteiger partial charge in [0.05, 0.1) is 0 Å². The van der Waals surface area contributed by atoms with E-state index in [0.29, 0.717) is 19.6 Å². The summed E-state index contributed by atoms with van der Waals surface area (Å²) in [5.41, 5.74) is 10.2. The fraction of sp³-hybridized carbons (Fsp3) is 0.818. The number of carbonyl (C=O) groups excluding carboxylic acids is 2.